The Bertz CT molecular complexity index is 810. The van der Waals surface area contributed by atoms with Crippen molar-refractivity contribution in [2.75, 3.05) is 26.2 Å². The summed E-state index contributed by atoms with van der Waals surface area (Å²) in [6.45, 7) is 7.79. The van der Waals surface area contributed by atoms with E-state index in [1.54, 1.807) is 12.1 Å². The van der Waals surface area contributed by atoms with Crippen LogP contribution in [0.15, 0.2) is 48.5 Å². The monoisotopic (exact) mass is 367 g/mol. The number of benzene rings is 2. The number of nitrogens with zero attached hydrogens (tertiary/aromatic N) is 3. The van der Waals surface area contributed by atoms with Gasteiger partial charge < -0.3 is 4.90 Å². The third-order valence-electron chi connectivity index (χ3n) is 5.01. The minimum Gasteiger partial charge on any atom is -0.336 e. The normalized spacial score (nSPS) is 15.1. The van der Waals surface area contributed by atoms with Crippen LogP contribution in [0.1, 0.15) is 41.3 Å². The van der Waals surface area contributed by atoms with Crippen LogP contribution in [-0.4, -0.2) is 46.8 Å². The summed E-state index contributed by atoms with van der Waals surface area (Å²) in [5.74, 6) is 0.520. The van der Waals surface area contributed by atoms with Crippen molar-refractivity contribution in [2.24, 2.45) is 0 Å². The number of non-ortho nitro benzene ring substituents is 1. The zero-order valence-electron chi connectivity index (χ0n) is 15.8. The molecule has 0 aliphatic carbocycles. The minimum atomic E-state index is -0.370. The molecule has 27 heavy (non-hydrogen) atoms. The molecule has 2 aromatic carbocycles. The van der Waals surface area contributed by atoms with E-state index in [2.05, 4.69) is 18.7 Å². The van der Waals surface area contributed by atoms with Crippen molar-refractivity contribution in [3.05, 3.63) is 75.3 Å². The first-order chi connectivity index (χ1) is 12.9. The molecule has 0 N–H and O–H groups in total. The van der Waals surface area contributed by atoms with Crippen LogP contribution >= 0.6 is 0 Å². The molecule has 1 aliphatic heterocycles. The summed E-state index contributed by atoms with van der Waals surface area (Å²) in [5.41, 5.74) is 3.00. The molecule has 1 aliphatic rings. The molecular formula is C21H25N3O3. The van der Waals surface area contributed by atoms with Crippen molar-refractivity contribution >= 4 is 11.6 Å². The van der Waals surface area contributed by atoms with Gasteiger partial charge in [-0.05, 0) is 29.2 Å². The second kappa shape index (κ2) is 8.31. The van der Waals surface area contributed by atoms with E-state index < -0.39 is 0 Å². The van der Waals surface area contributed by atoms with Gasteiger partial charge in [-0.2, -0.15) is 0 Å². The van der Waals surface area contributed by atoms with Gasteiger partial charge in [-0.3, -0.25) is 19.8 Å². The minimum absolute atomic E-state index is 0.0697. The van der Waals surface area contributed by atoms with Crippen LogP contribution in [0, 0.1) is 10.1 Å². The van der Waals surface area contributed by atoms with Crippen molar-refractivity contribution in [2.45, 2.75) is 26.3 Å². The van der Waals surface area contributed by atoms with E-state index in [0.29, 0.717) is 25.6 Å². The van der Waals surface area contributed by atoms with Crippen LogP contribution < -0.4 is 0 Å². The van der Waals surface area contributed by atoms with Crippen LogP contribution in [0.5, 0.6) is 0 Å². The summed E-state index contributed by atoms with van der Waals surface area (Å²) in [6.07, 6.45) is 0. The van der Waals surface area contributed by atoms with E-state index in [4.69, 9.17) is 0 Å². The molecule has 2 aromatic rings. The summed E-state index contributed by atoms with van der Waals surface area (Å²) >= 11 is 0. The average Bonchev–Trinajstić information content (AvgIpc) is 2.68. The molecule has 1 saturated heterocycles. The van der Waals surface area contributed by atoms with Crippen molar-refractivity contribution in [3.63, 3.8) is 0 Å². The largest absolute Gasteiger partial charge is 0.336 e. The quantitative estimate of drug-likeness (QED) is 0.597. The molecule has 0 aromatic heterocycles. The number of rotatable bonds is 5. The summed E-state index contributed by atoms with van der Waals surface area (Å²) in [7, 11) is 0. The molecule has 0 saturated carbocycles. The van der Waals surface area contributed by atoms with Gasteiger partial charge >= 0.3 is 0 Å². The highest BCUT2D eigenvalue weighted by atomic mass is 16.6. The Morgan fingerprint density at radius 1 is 1.07 bits per heavy atom. The highest BCUT2D eigenvalue weighted by Crippen LogP contribution is 2.18. The maximum atomic E-state index is 12.7. The Balaban J connectivity index is 1.56. The van der Waals surface area contributed by atoms with Crippen molar-refractivity contribution < 1.29 is 9.72 Å². The summed E-state index contributed by atoms with van der Waals surface area (Å²) < 4.78 is 0. The lowest BCUT2D eigenvalue weighted by Crippen LogP contribution is -2.48. The number of carbonyl (C=O) groups is 1. The number of piperazine rings is 1. The fourth-order valence-electron chi connectivity index (χ4n) is 3.33. The van der Waals surface area contributed by atoms with Crippen LogP contribution in [0.2, 0.25) is 0 Å². The highest BCUT2D eigenvalue weighted by Gasteiger charge is 2.22. The lowest BCUT2D eigenvalue weighted by atomic mass is 10.0. The van der Waals surface area contributed by atoms with Gasteiger partial charge in [0.25, 0.3) is 11.6 Å². The lowest BCUT2D eigenvalue weighted by molar-refractivity contribution is -0.384. The van der Waals surface area contributed by atoms with Gasteiger partial charge in [0.2, 0.25) is 0 Å². The highest BCUT2D eigenvalue weighted by molar-refractivity contribution is 5.94. The van der Waals surface area contributed by atoms with E-state index in [9.17, 15) is 14.9 Å². The Kier molecular flexibility index (Phi) is 5.86. The van der Waals surface area contributed by atoms with E-state index in [1.807, 2.05) is 35.2 Å². The topological polar surface area (TPSA) is 66.7 Å². The molecule has 0 bridgehead atoms. The van der Waals surface area contributed by atoms with Crippen LogP contribution in [0.3, 0.4) is 0 Å². The predicted octanol–water partition coefficient (Wildman–Crippen LogP) is 3.68. The first-order valence-electron chi connectivity index (χ1n) is 9.29. The molecule has 3 rings (SSSR count). The molecule has 0 spiro atoms. The molecule has 6 heteroatoms. The van der Waals surface area contributed by atoms with Gasteiger partial charge in [-0.15, -0.1) is 0 Å². The van der Waals surface area contributed by atoms with Crippen molar-refractivity contribution in [3.8, 4) is 0 Å². The molecular weight excluding hydrogens is 342 g/mol. The number of nitro groups is 1. The summed E-state index contributed by atoms with van der Waals surface area (Å²) in [4.78, 5) is 27.3. The zero-order chi connectivity index (χ0) is 19.4. The maximum Gasteiger partial charge on any atom is 0.269 e. The summed E-state index contributed by atoms with van der Waals surface area (Å²) in [5, 5.41) is 10.9. The fourth-order valence-corrected chi connectivity index (χ4v) is 3.33. The Hall–Kier alpha value is -2.73. The van der Waals surface area contributed by atoms with Gasteiger partial charge in [0, 0.05) is 50.4 Å². The number of nitro benzene ring substituents is 1. The van der Waals surface area contributed by atoms with Crippen LogP contribution in [0.4, 0.5) is 5.69 Å². The molecule has 1 heterocycles. The summed E-state index contributed by atoms with van der Waals surface area (Å²) in [6, 6.07) is 14.6. The molecule has 1 fully saturated rings. The number of amides is 1. The Labute approximate surface area is 159 Å². The predicted molar refractivity (Wildman–Crippen MR) is 105 cm³/mol. The first-order valence-corrected chi connectivity index (χ1v) is 9.29. The van der Waals surface area contributed by atoms with Crippen LogP contribution in [0.25, 0.3) is 0 Å². The Morgan fingerprint density at radius 3 is 2.33 bits per heavy atom. The molecule has 142 valence electrons. The fraction of sp³-hybridized carbons (Fsp3) is 0.381. The van der Waals surface area contributed by atoms with E-state index in [1.165, 1.54) is 11.6 Å². The van der Waals surface area contributed by atoms with Crippen LogP contribution in [-0.2, 0) is 6.54 Å². The van der Waals surface area contributed by atoms with Crippen molar-refractivity contribution in [1.82, 2.24) is 9.80 Å². The SMILES string of the molecule is CC(C)c1ccc(C(=O)N2CCN(Cc3cccc([N+](=O)[O-])c3)CC2)cc1. The third-order valence-corrected chi connectivity index (χ3v) is 5.01. The first kappa shape index (κ1) is 19.0. The van der Waals surface area contributed by atoms with E-state index in [0.717, 1.165) is 24.2 Å². The van der Waals surface area contributed by atoms with Gasteiger partial charge in [0.05, 0.1) is 4.92 Å². The second-order valence-corrected chi connectivity index (χ2v) is 7.27. The average molecular weight is 367 g/mol. The molecule has 6 nitrogen and oxygen atoms in total. The maximum absolute atomic E-state index is 12.7. The smallest absolute Gasteiger partial charge is 0.269 e. The van der Waals surface area contributed by atoms with Crippen molar-refractivity contribution in [1.29, 1.82) is 0 Å². The lowest BCUT2D eigenvalue weighted by Gasteiger charge is -2.34. The molecule has 0 atom stereocenters. The van der Waals surface area contributed by atoms with Gasteiger partial charge in [-0.1, -0.05) is 38.1 Å². The van der Waals surface area contributed by atoms with E-state index >= 15 is 0 Å². The van der Waals surface area contributed by atoms with E-state index in [-0.39, 0.29) is 16.5 Å². The third kappa shape index (κ3) is 4.71. The second-order valence-electron chi connectivity index (χ2n) is 7.27. The number of hydrogen-bond donors (Lipinski definition) is 0. The Morgan fingerprint density at radius 2 is 1.74 bits per heavy atom. The van der Waals surface area contributed by atoms with Gasteiger partial charge in [-0.25, -0.2) is 0 Å². The van der Waals surface area contributed by atoms with Gasteiger partial charge in [0.15, 0.2) is 0 Å². The number of hydrogen-bond acceptors (Lipinski definition) is 4. The molecule has 0 unspecified atom stereocenters. The standard InChI is InChI=1S/C21H25N3O3/c1-16(2)18-6-8-19(9-7-18)21(25)23-12-10-22(11-13-23)15-17-4-3-5-20(14-17)24(26)27/h3-9,14,16H,10-13,15H2,1-2H3. The van der Waals surface area contributed by atoms with Gasteiger partial charge in [0.1, 0.15) is 0 Å². The molecule has 0 radical (unpaired) electrons. The zero-order valence-corrected chi connectivity index (χ0v) is 15.8. The number of carbonyl (C=O) groups excluding carboxylic acids is 1. The molecule has 1 amide bonds.